The molecule has 1 N–H and O–H groups in total. The molecule has 124 valence electrons. The van der Waals surface area contributed by atoms with E-state index in [1.54, 1.807) is 24.3 Å². The predicted octanol–water partition coefficient (Wildman–Crippen LogP) is 3.68. The van der Waals surface area contributed by atoms with E-state index in [0.717, 1.165) is 23.5 Å². The van der Waals surface area contributed by atoms with E-state index < -0.39 is 0 Å². The van der Waals surface area contributed by atoms with Crippen molar-refractivity contribution >= 4 is 34.3 Å². The van der Waals surface area contributed by atoms with Crippen LogP contribution in [-0.2, 0) is 6.42 Å². The second-order valence-electron chi connectivity index (χ2n) is 5.25. The van der Waals surface area contributed by atoms with Gasteiger partial charge >= 0.3 is 0 Å². The van der Waals surface area contributed by atoms with Crippen LogP contribution in [0.3, 0.4) is 0 Å². The summed E-state index contributed by atoms with van der Waals surface area (Å²) in [6, 6.07) is 7.04. The number of rotatable bonds is 5. The van der Waals surface area contributed by atoms with Gasteiger partial charge in [0.2, 0.25) is 5.13 Å². The maximum atomic E-state index is 12.6. The quantitative estimate of drug-likeness (QED) is 0.704. The van der Waals surface area contributed by atoms with Crippen LogP contribution < -0.4 is 5.56 Å². The van der Waals surface area contributed by atoms with Crippen molar-refractivity contribution in [2.75, 3.05) is 0 Å². The van der Waals surface area contributed by atoms with Crippen molar-refractivity contribution < 1.29 is 0 Å². The minimum absolute atomic E-state index is 0.170. The summed E-state index contributed by atoms with van der Waals surface area (Å²) in [5.74, 6) is 0. The van der Waals surface area contributed by atoms with Gasteiger partial charge in [0, 0.05) is 23.4 Å². The highest BCUT2D eigenvalue weighted by molar-refractivity contribution is 7.14. The van der Waals surface area contributed by atoms with Crippen molar-refractivity contribution in [1.82, 2.24) is 20.0 Å². The van der Waals surface area contributed by atoms with Crippen LogP contribution in [0.25, 0.3) is 5.69 Å². The largest absolute Gasteiger partial charge is 0.295 e. The highest BCUT2D eigenvalue weighted by Crippen LogP contribution is 2.19. The van der Waals surface area contributed by atoms with E-state index in [-0.39, 0.29) is 5.56 Å². The number of aryl methyl sites for hydroxylation is 2. The Labute approximate surface area is 147 Å². The number of H-pyrrole nitrogens is 1. The summed E-state index contributed by atoms with van der Waals surface area (Å²) in [4.78, 5) is 16.9. The fourth-order valence-electron chi connectivity index (χ4n) is 2.22. The van der Waals surface area contributed by atoms with E-state index in [2.05, 4.69) is 27.2 Å². The van der Waals surface area contributed by atoms with Crippen molar-refractivity contribution in [2.45, 2.75) is 26.7 Å². The smallest absolute Gasteiger partial charge is 0.280 e. The second kappa shape index (κ2) is 7.11. The summed E-state index contributed by atoms with van der Waals surface area (Å²) >= 11 is 7.33. The molecular formula is C16H16ClN5OS. The summed E-state index contributed by atoms with van der Waals surface area (Å²) in [5, 5.41) is 13.3. The number of aromatic nitrogens is 4. The first-order chi connectivity index (χ1) is 11.6. The summed E-state index contributed by atoms with van der Waals surface area (Å²) in [6.07, 6.45) is 3.44. The van der Waals surface area contributed by atoms with Gasteiger partial charge < -0.3 is 0 Å². The molecule has 0 radical (unpaired) electrons. The van der Waals surface area contributed by atoms with Gasteiger partial charge in [0.15, 0.2) is 0 Å². The highest BCUT2D eigenvalue weighted by atomic mass is 35.5. The Hall–Kier alpha value is -2.25. The Bertz CT molecular complexity index is 923. The van der Waals surface area contributed by atoms with Crippen LogP contribution in [0, 0.1) is 6.92 Å². The maximum absolute atomic E-state index is 12.6. The predicted molar refractivity (Wildman–Crippen MR) is 97.3 cm³/mol. The first-order valence-corrected chi connectivity index (χ1v) is 8.72. The number of nitrogens with zero attached hydrogens (tertiary/aromatic N) is 4. The lowest BCUT2D eigenvalue weighted by molar-refractivity contribution is 0.835. The topological polar surface area (TPSA) is 75.9 Å². The molecule has 0 aliphatic heterocycles. The van der Waals surface area contributed by atoms with E-state index in [1.807, 2.05) is 6.92 Å². The monoisotopic (exact) mass is 361 g/mol. The first kappa shape index (κ1) is 16.6. The van der Waals surface area contributed by atoms with Crippen LogP contribution in [0.1, 0.15) is 29.6 Å². The van der Waals surface area contributed by atoms with Gasteiger partial charge in [0.1, 0.15) is 5.01 Å². The molecule has 2 heterocycles. The molecule has 0 amide bonds. The molecule has 0 bridgehead atoms. The zero-order valence-corrected chi connectivity index (χ0v) is 14.9. The van der Waals surface area contributed by atoms with Gasteiger partial charge in [-0.05, 0) is 37.6 Å². The van der Waals surface area contributed by atoms with E-state index in [1.165, 1.54) is 22.2 Å². The fraction of sp³-hybridized carbons (Fsp3) is 0.250. The molecule has 6 nitrogen and oxygen atoms in total. The molecule has 0 fully saturated rings. The average molecular weight is 362 g/mol. The number of benzene rings is 1. The summed E-state index contributed by atoms with van der Waals surface area (Å²) in [6.45, 7) is 3.92. The zero-order valence-electron chi connectivity index (χ0n) is 13.3. The molecule has 0 saturated carbocycles. The Morgan fingerprint density at radius 3 is 2.79 bits per heavy atom. The highest BCUT2D eigenvalue weighted by Gasteiger charge is 2.11. The number of hydrogen-bond acceptors (Lipinski definition) is 5. The molecule has 24 heavy (non-hydrogen) atoms. The van der Waals surface area contributed by atoms with Crippen molar-refractivity contribution in [2.24, 2.45) is 4.99 Å². The Morgan fingerprint density at radius 2 is 2.08 bits per heavy atom. The fourth-order valence-corrected chi connectivity index (χ4v) is 3.13. The van der Waals surface area contributed by atoms with Crippen LogP contribution in [0.2, 0.25) is 5.02 Å². The molecule has 2 aromatic heterocycles. The summed E-state index contributed by atoms with van der Waals surface area (Å²) in [5.41, 5.74) is 1.78. The van der Waals surface area contributed by atoms with Crippen molar-refractivity contribution in [3.05, 3.63) is 55.9 Å². The molecule has 0 atom stereocenters. The number of halogens is 1. The molecule has 0 spiro atoms. The molecule has 8 heteroatoms. The van der Waals surface area contributed by atoms with Gasteiger partial charge in [-0.1, -0.05) is 29.9 Å². The molecule has 0 saturated heterocycles. The minimum atomic E-state index is -0.170. The van der Waals surface area contributed by atoms with Crippen LogP contribution in [0.4, 0.5) is 5.13 Å². The Balaban J connectivity index is 1.90. The van der Waals surface area contributed by atoms with E-state index >= 15 is 0 Å². The number of nitrogens with one attached hydrogen (secondary N) is 1. The lowest BCUT2D eigenvalue weighted by atomic mass is 10.3. The van der Waals surface area contributed by atoms with Crippen LogP contribution in [-0.4, -0.2) is 26.2 Å². The average Bonchev–Trinajstić information content (AvgIpc) is 3.12. The summed E-state index contributed by atoms with van der Waals surface area (Å²) in [7, 11) is 0. The van der Waals surface area contributed by atoms with Crippen molar-refractivity contribution in [3.8, 4) is 5.69 Å². The third-order valence-electron chi connectivity index (χ3n) is 3.43. The van der Waals surface area contributed by atoms with Crippen LogP contribution in [0.15, 0.2) is 34.1 Å². The van der Waals surface area contributed by atoms with E-state index in [9.17, 15) is 4.79 Å². The van der Waals surface area contributed by atoms with Crippen molar-refractivity contribution in [1.29, 1.82) is 0 Å². The summed E-state index contributed by atoms with van der Waals surface area (Å²) < 4.78 is 1.47. The molecule has 0 aliphatic rings. The van der Waals surface area contributed by atoms with Gasteiger partial charge in [0.05, 0.1) is 11.3 Å². The van der Waals surface area contributed by atoms with Gasteiger partial charge in [-0.3, -0.25) is 9.89 Å². The van der Waals surface area contributed by atoms with Crippen LogP contribution >= 0.6 is 22.9 Å². The van der Waals surface area contributed by atoms with Gasteiger partial charge in [-0.15, -0.1) is 10.2 Å². The maximum Gasteiger partial charge on any atom is 0.280 e. The Morgan fingerprint density at radius 1 is 1.33 bits per heavy atom. The van der Waals surface area contributed by atoms with E-state index in [4.69, 9.17) is 11.6 Å². The lowest BCUT2D eigenvalue weighted by Crippen LogP contribution is -2.17. The van der Waals surface area contributed by atoms with Gasteiger partial charge in [-0.2, -0.15) is 0 Å². The molecular weight excluding hydrogens is 346 g/mol. The molecule has 1 aromatic carbocycles. The second-order valence-corrected chi connectivity index (χ2v) is 6.73. The first-order valence-electron chi connectivity index (χ1n) is 7.52. The standard InChI is InChI=1S/C16H16ClN5OS/c1-3-4-14-19-20-16(24-14)18-9-13-10(2)21-22(15(13)23)12-7-5-11(17)6-8-12/h5-9,21H,3-4H2,1-2H3. The molecule has 3 aromatic rings. The van der Waals surface area contributed by atoms with Crippen LogP contribution in [0.5, 0.6) is 0 Å². The lowest BCUT2D eigenvalue weighted by Gasteiger charge is -2.00. The van der Waals surface area contributed by atoms with Gasteiger partial charge in [-0.25, -0.2) is 9.67 Å². The third-order valence-corrected chi connectivity index (χ3v) is 4.57. The SMILES string of the molecule is CCCc1nnc(N=Cc2c(C)[nH]n(-c3ccc(Cl)cc3)c2=O)s1. The number of hydrogen-bond donors (Lipinski definition) is 1. The number of aliphatic imine (C=N–C) groups is 1. The minimum Gasteiger partial charge on any atom is -0.295 e. The molecule has 0 unspecified atom stereocenters. The normalized spacial score (nSPS) is 11.5. The Kier molecular flexibility index (Phi) is 4.92. The third kappa shape index (κ3) is 3.47. The van der Waals surface area contributed by atoms with Crippen molar-refractivity contribution in [3.63, 3.8) is 0 Å². The van der Waals surface area contributed by atoms with Gasteiger partial charge in [0.25, 0.3) is 5.56 Å². The van der Waals surface area contributed by atoms with E-state index in [0.29, 0.717) is 21.4 Å². The zero-order chi connectivity index (χ0) is 17.1. The molecule has 3 rings (SSSR count). The number of aromatic amines is 1. The molecule has 0 aliphatic carbocycles.